The Kier molecular flexibility index (Phi) is 12.6. The number of nitrogens with two attached hydrogens (primary N) is 1. The normalized spacial score (nSPS) is 10.7. The average molecular weight is 877 g/mol. The Morgan fingerprint density at radius 1 is 0.600 bits per heavy atom. The van der Waals surface area contributed by atoms with Crippen LogP contribution in [0.4, 0.5) is 34.6 Å². The number of aryl methyl sites for hydroxylation is 2. The summed E-state index contributed by atoms with van der Waals surface area (Å²) in [7, 11) is 4.07. The molecule has 320 valence electrons. The first-order chi connectivity index (χ1) is 31.6. The Labute approximate surface area is 378 Å². The minimum absolute atomic E-state index is 0.276. The highest BCUT2D eigenvalue weighted by molar-refractivity contribution is 6.66. The van der Waals surface area contributed by atoms with Gasteiger partial charge in [-0.3, -0.25) is 19.6 Å². The third-order valence-electron chi connectivity index (χ3n) is 10.3. The Morgan fingerprint density at radius 2 is 1.08 bits per heavy atom. The third kappa shape index (κ3) is 9.68. The lowest BCUT2D eigenvalue weighted by Crippen LogP contribution is -2.08. The second kappa shape index (κ2) is 19.1. The maximum Gasteiger partial charge on any atom is 0.247 e. The molecule has 0 spiro atoms. The second-order valence-electron chi connectivity index (χ2n) is 14.5. The zero-order valence-electron chi connectivity index (χ0n) is 35.3. The summed E-state index contributed by atoms with van der Waals surface area (Å²) in [5, 5.41) is 12.9. The van der Waals surface area contributed by atoms with Crippen LogP contribution in [0.15, 0.2) is 172 Å². The van der Waals surface area contributed by atoms with Crippen molar-refractivity contribution >= 4 is 101 Å². The van der Waals surface area contributed by atoms with Crippen molar-refractivity contribution in [1.29, 1.82) is 0 Å². The maximum absolute atomic E-state index is 11.8. The predicted octanol–water partition coefficient (Wildman–Crippen LogP) is 10.5. The van der Waals surface area contributed by atoms with Crippen LogP contribution in [0.5, 0.6) is 0 Å². The molecule has 0 unspecified atom stereocenters. The Hall–Kier alpha value is -8.75. The number of para-hydroxylation sites is 2. The molecule has 10 rings (SSSR count). The number of pyridine rings is 2. The topological polar surface area (TPSA) is 183 Å². The standard InChI is InChI=1S/C25H20N6O.C22H18N6.C3H3ClO/c1-3-24(32)29-21-10-12-26-20-9-8-16(14-18(20)21)28-25-27-13-11-22(30-25)19-15-31(2)23-7-5-4-6-17(19)23;1-28-13-17(15-4-2-3-5-21(15)28)20-9-11-25-22(27-20)26-14-6-7-19-16(12-14)18(23)8-10-24-19;1-2-3(4)5/h3-15H,1H2,2H3,(H,26,29,32)(H,27,28,30);2-13H,1H3,(H2,23,24)(H,25,26,27);2H,1H2. The number of carbonyl (C=O) groups is 2. The molecule has 15 heteroatoms. The smallest absolute Gasteiger partial charge is 0.247 e. The van der Waals surface area contributed by atoms with Gasteiger partial charge in [0.15, 0.2) is 0 Å². The van der Waals surface area contributed by atoms with Crippen LogP contribution in [-0.2, 0) is 23.7 Å². The van der Waals surface area contributed by atoms with Crippen molar-refractivity contribution in [3.8, 4) is 22.5 Å². The SMILES string of the molecule is C=CC(=O)Cl.C=CC(=O)Nc1ccnc2ccc(Nc3nccc(-c4cn(C)c5ccccc45)n3)cc12.Cn1cc(-c2ccnc(Nc3ccc4nccc(N)c4c3)n2)c2ccccc21. The molecule has 6 heterocycles. The number of aromatic nitrogens is 8. The molecular formula is C50H41ClN12O2. The predicted molar refractivity (Wildman–Crippen MR) is 262 cm³/mol. The molecule has 14 nitrogen and oxygen atoms in total. The monoisotopic (exact) mass is 876 g/mol. The highest BCUT2D eigenvalue weighted by atomic mass is 35.5. The molecule has 1 amide bonds. The summed E-state index contributed by atoms with van der Waals surface area (Å²) in [4.78, 5) is 48.2. The highest BCUT2D eigenvalue weighted by Crippen LogP contribution is 2.32. The number of nitrogens with one attached hydrogen (secondary N) is 3. The van der Waals surface area contributed by atoms with Crippen molar-refractivity contribution in [1.82, 2.24) is 39.0 Å². The molecule has 10 aromatic rings. The first kappa shape index (κ1) is 42.9. The van der Waals surface area contributed by atoms with Crippen LogP contribution >= 0.6 is 11.6 Å². The number of hydrogen-bond donors (Lipinski definition) is 4. The molecule has 6 aromatic heterocycles. The minimum atomic E-state index is -0.509. The number of halogens is 1. The third-order valence-corrected chi connectivity index (χ3v) is 10.4. The van der Waals surface area contributed by atoms with E-state index in [0.29, 0.717) is 23.3 Å². The van der Waals surface area contributed by atoms with Crippen LogP contribution in [0.3, 0.4) is 0 Å². The van der Waals surface area contributed by atoms with Crippen LogP contribution < -0.4 is 21.7 Å². The number of allylic oxidation sites excluding steroid dienone is 1. The van der Waals surface area contributed by atoms with Gasteiger partial charge in [0.25, 0.3) is 0 Å². The van der Waals surface area contributed by atoms with E-state index in [9.17, 15) is 9.59 Å². The van der Waals surface area contributed by atoms with Gasteiger partial charge in [0.1, 0.15) is 0 Å². The Balaban J connectivity index is 0.000000162. The van der Waals surface area contributed by atoms with Gasteiger partial charge in [-0.05, 0) is 96.5 Å². The molecule has 4 aromatic carbocycles. The van der Waals surface area contributed by atoms with Gasteiger partial charge >= 0.3 is 0 Å². The van der Waals surface area contributed by atoms with E-state index in [-0.39, 0.29) is 5.91 Å². The van der Waals surface area contributed by atoms with E-state index in [1.165, 1.54) is 17.0 Å². The molecular weight excluding hydrogens is 836 g/mol. The fourth-order valence-electron chi connectivity index (χ4n) is 7.25. The minimum Gasteiger partial charge on any atom is -0.398 e. The molecule has 0 aliphatic heterocycles. The molecule has 5 N–H and O–H groups in total. The van der Waals surface area contributed by atoms with E-state index in [1.807, 2.05) is 86.9 Å². The molecule has 0 radical (unpaired) electrons. The summed E-state index contributed by atoms with van der Waals surface area (Å²) in [6.07, 6.45) is 13.3. The zero-order valence-corrected chi connectivity index (χ0v) is 36.0. The number of nitrogen functional groups attached to an aromatic ring is 1. The Morgan fingerprint density at radius 3 is 1.60 bits per heavy atom. The molecule has 0 aliphatic rings. The number of anilines is 6. The first-order valence-corrected chi connectivity index (χ1v) is 20.5. The number of benzene rings is 4. The number of amides is 1. The van der Waals surface area contributed by atoms with E-state index in [2.05, 4.69) is 94.8 Å². The van der Waals surface area contributed by atoms with E-state index in [0.717, 1.165) is 72.7 Å². The second-order valence-corrected chi connectivity index (χ2v) is 14.9. The number of rotatable bonds is 9. The number of carbonyl (C=O) groups excluding carboxylic acids is 2. The van der Waals surface area contributed by atoms with Crippen molar-refractivity contribution in [2.45, 2.75) is 0 Å². The Bertz CT molecular complexity index is 3420. The summed E-state index contributed by atoms with van der Waals surface area (Å²) >= 11 is 4.71. The van der Waals surface area contributed by atoms with Crippen LogP contribution in [0, 0.1) is 0 Å². The fourth-order valence-corrected chi connectivity index (χ4v) is 7.25. The summed E-state index contributed by atoms with van der Waals surface area (Å²) in [5.41, 5.74) is 16.8. The molecule has 0 saturated carbocycles. The van der Waals surface area contributed by atoms with Crippen molar-refractivity contribution in [3.05, 3.63) is 172 Å². The van der Waals surface area contributed by atoms with Gasteiger partial charge in [-0.25, -0.2) is 19.9 Å². The lowest BCUT2D eigenvalue weighted by atomic mass is 10.1. The molecule has 0 fully saturated rings. The summed E-state index contributed by atoms with van der Waals surface area (Å²) in [5.74, 6) is 0.740. The van der Waals surface area contributed by atoms with Gasteiger partial charge in [-0.15, -0.1) is 0 Å². The maximum atomic E-state index is 11.8. The molecule has 0 atom stereocenters. The van der Waals surface area contributed by atoms with Crippen LogP contribution in [-0.4, -0.2) is 50.2 Å². The van der Waals surface area contributed by atoms with Crippen LogP contribution in [0.1, 0.15) is 0 Å². The van der Waals surface area contributed by atoms with Gasteiger partial charge in [-0.2, -0.15) is 0 Å². The van der Waals surface area contributed by atoms with Gasteiger partial charge in [0.05, 0.1) is 28.1 Å². The largest absolute Gasteiger partial charge is 0.398 e. The van der Waals surface area contributed by atoms with Crippen molar-refractivity contribution in [2.75, 3.05) is 21.7 Å². The summed E-state index contributed by atoms with van der Waals surface area (Å²) in [6.45, 7) is 6.58. The highest BCUT2D eigenvalue weighted by Gasteiger charge is 2.13. The van der Waals surface area contributed by atoms with Crippen molar-refractivity contribution in [3.63, 3.8) is 0 Å². The van der Waals surface area contributed by atoms with Crippen molar-refractivity contribution in [2.24, 2.45) is 14.1 Å². The van der Waals surface area contributed by atoms with E-state index >= 15 is 0 Å². The first-order valence-electron chi connectivity index (χ1n) is 20.2. The quantitative estimate of drug-likeness (QED) is 0.0799. The molecule has 0 aliphatic carbocycles. The summed E-state index contributed by atoms with van der Waals surface area (Å²) in [6, 6.07) is 35.5. The van der Waals surface area contributed by atoms with Crippen LogP contribution in [0.2, 0.25) is 0 Å². The molecule has 0 saturated heterocycles. The number of nitrogens with zero attached hydrogens (tertiary/aromatic N) is 8. The fraction of sp³-hybridized carbons (Fsp3) is 0.0400. The molecule has 0 bridgehead atoms. The van der Waals surface area contributed by atoms with Gasteiger partial charge in [0, 0.05) is 112 Å². The summed E-state index contributed by atoms with van der Waals surface area (Å²) < 4.78 is 4.20. The van der Waals surface area contributed by atoms with Gasteiger partial charge in [0.2, 0.25) is 23.0 Å². The van der Waals surface area contributed by atoms with E-state index in [1.54, 1.807) is 36.9 Å². The van der Waals surface area contributed by atoms with Gasteiger partial charge < -0.3 is 30.8 Å². The van der Waals surface area contributed by atoms with E-state index in [4.69, 9.17) is 27.3 Å². The van der Waals surface area contributed by atoms with Gasteiger partial charge in [-0.1, -0.05) is 49.6 Å². The van der Waals surface area contributed by atoms with Crippen molar-refractivity contribution < 1.29 is 9.59 Å². The molecule has 65 heavy (non-hydrogen) atoms. The van der Waals surface area contributed by atoms with E-state index < -0.39 is 5.24 Å². The van der Waals surface area contributed by atoms with Crippen LogP contribution in [0.25, 0.3) is 66.1 Å². The number of hydrogen-bond acceptors (Lipinski definition) is 11. The lowest BCUT2D eigenvalue weighted by Gasteiger charge is -2.10. The zero-order chi connectivity index (χ0) is 45.5. The number of fused-ring (bicyclic) bond motifs is 4. The average Bonchev–Trinajstić information content (AvgIpc) is 3.86. The lowest BCUT2D eigenvalue weighted by molar-refractivity contribution is -0.112.